The van der Waals surface area contributed by atoms with Gasteiger partial charge in [0.25, 0.3) is 0 Å². The number of nitrogens with one attached hydrogen (secondary N) is 1. The average molecular weight is 275 g/mol. The maximum atomic E-state index is 12.4. The second-order valence-corrected chi connectivity index (χ2v) is 6.01. The summed E-state index contributed by atoms with van der Waals surface area (Å²) in [6.45, 7) is 5.91. The molecule has 0 spiro atoms. The Balaban J connectivity index is 2.18. The van der Waals surface area contributed by atoms with E-state index in [1.165, 1.54) is 5.56 Å². The molecule has 1 fully saturated rings. The number of carbonyl (C=O) groups excluding carboxylic acids is 1. The highest BCUT2D eigenvalue weighted by molar-refractivity contribution is 5.74. The van der Waals surface area contributed by atoms with Crippen LogP contribution in [0.15, 0.2) is 30.3 Å². The third-order valence-electron chi connectivity index (χ3n) is 3.95. The fourth-order valence-corrected chi connectivity index (χ4v) is 2.75. The van der Waals surface area contributed by atoms with E-state index in [0.717, 1.165) is 13.1 Å². The Hall–Kier alpha value is -1.55. The molecule has 0 aliphatic carbocycles. The molecule has 1 aliphatic heterocycles. The van der Waals surface area contributed by atoms with Gasteiger partial charge < -0.3 is 15.1 Å². The molecule has 20 heavy (non-hydrogen) atoms. The molecule has 0 aromatic heterocycles. The van der Waals surface area contributed by atoms with Gasteiger partial charge in [-0.3, -0.25) is 0 Å². The summed E-state index contributed by atoms with van der Waals surface area (Å²) in [7, 11) is 3.64. The number of carbonyl (C=O) groups is 1. The first kappa shape index (κ1) is 14.9. The van der Waals surface area contributed by atoms with Gasteiger partial charge in [-0.05, 0) is 11.5 Å². The maximum absolute atomic E-state index is 12.4. The molecule has 1 aromatic carbocycles. The van der Waals surface area contributed by atoms with Crippen LogP contribution in [0.25, 0.3) is 0 Å². The Kier molecular flexibility index (Phi) is 4.65. The van der Waals surface area contributed by atoms with E-state index in [9.17, 15) is 4.79 Å². The number of benzene rings is 1. The lowest BCUT2D eigenvalue weighted by Gasteiger charge is -2.43. The largest absolute Gasteiger partial charge is 0.331 e. The third kappa shape index (κ3) is 3.12. The summed E-state index contributed by atoms with van der Waals surface area (Å²) in [4.78, 5) is 16.1. The van der Waals surface area contributed by atoms with Crippen molar-refractivity contribution in [3.05, 3.63) is 35.9 Å². The number of nitrogens with zero attached hydrogens (tertiary/aromatic N) is 2. The summed E-state index contributed by atoms with van der Waals surface area (Å²) in [5.41, 5.74) is 1.24. The first-order valence-electron chi connectivity index (χ1n) is 7.27. The topological polar surface area (TPSA) is 35.6 Å². The van der Waals surface area contributed by atoms with Gasteiger partial charge in [-0.1, -0.05) is 44.2 Å². The summed E-state index contributed by atoms with van der Waals surface area (Å²) in [5, 5.41) is 3.58. The molecule has 2 amide bonds. The molecular formula is C16H25N3O. The number of piperazine rings is 1. The molecule has 110 valence electrons. The van der Waals surface area contributed by atoms with E-state index < -0.39 is 0 Å². The molecule has 4 heteroatoms. The van der Waals surface area contributed by atoms with Crippen LogP contribution in [0.4, 0.5) is 4.79 Å². The fourth-order valence-electron chi connectivity index (χ4n) is 2.75. The van der Waals surface area contributed by atoms with Gasteiger partial charge in [0.15, 0.2) is 0 Å². The molecule has 1 aromatic rings. The Morgan fingerprint density at radius 3 is 2.50 bits per heavy atom. The molecule has 0 radical (unpaired) electrons. The number of rotatable bonds is 2. The maximum Gasteiger partial charge on any atom is 0.319 e. The predicted molar refractivity (Wildman–Crippen MR) is 81.6 cm³/mol. The summed E-state index contributed by atoms with van der Waals surface area (Å²) >= 11 is 0. The highest BCUT2D eigenvalue weighted by atomic mass is 16.2. The number of urea groups is 1. The van der Waals surface area contributed by atoms with Crippen molar-refractivity contribution in [1.82, 2.24) is 15.1 Å². The summed E-state index contributed by atoms with van der Waals surface area (Å²) < 4.78 is 0. The van der Waals surface area contributed by atoms with Gasteiger partial charge in [-0.2, -0.15) is 0 Å². The molecular weight excluding hydrogens is 250 g/mol. The lowest BCUT2D eigenvalue weighted by Crippen LogP contribution is -2.58. The lowest BCUT2D eigenvalue weighted by molar-refractivity contribution is 0.0998. The second kappa shape index (κ2) is 6.27. The van der Waals surface area contributed by atoms with Crippen LogP contribution in [0, 0.1) is 5.92 Å². The Morgan fingerprint density at radius 1 is 1.30 bits per heavy atom. The summed E-state index contributed by atoms with van der Waals surface area (Å²) in [6, 6.07) is 10.9. The molecule has 2 rings (SSSR count). The SMILES string of the molecule is CC(C)C1CNC(c2ccccc2)CN1C(=O)N(C)C. The zero-order valence-electron chi connectivity index (χ0n) is 12.8. The van der Waals surface area contributed by atoms with Crippen LogP contribution in [0.2, 0.25) is 0 Å². The standard InChI is InChI=1S/C16H25N3O/c1-12(2)15-10-17-14(13-8-6-5-7-9-13)11-19(15)16(20)18(3)4/h5-9,12,14-15,17H,10-11H2,1-4H3. The Labute approximate surface area is 121 Å². The van der Waals surface area contributed by atoms with E-state index in [0.29, 0.717) is 5.92 Å². The van der Waals surface area contributed by atoms with E-state index in [2.05, 4.69) is 31.3 Å². The van der Waals surface area contributed by atoms with E-state index in [-0.39, 0.29) is 18.1 Å². The fraction of sp³-hybridized carbons (Fsp3) is 0.562. The minimum Gasteiger partial charge on any atom is -0.331 e. The van der Waals surface area contributed by atoms with Crippen LogP contribution in [-0.4, -0.2) is 49.1 Å². The van der Waals surface area contributed by atoms with Crippen LogP contribution < -0.4 is 5.32 Å². The van der Waals surface area contributed by atoms with Crippen molar-refractivity contribution < 1.29 is 4.79 Å². The number of amides is 2. The van der Waals surface area contributed by atoms with E-state index >= 15 is 0 Å². The van der Waals surface area contributed by atoms with Crippen molar-refractivity contribution >= 4 is 6.03 Å². The van der Waals surface area contributed by atoms with Crippen LogP contribution in [0.5, 0.6) is 0 Å². The van der Waals surface area contributed by atoms with Crippen LogP contribution in [-0.2, 0) is 0 Å². The monoisotopic (exact) mass is 275 g/mol. The minimum atomic E-state index is 0.103. The molecule has 2 atom stereocenters. The quantitative estimate of drug-likeness (QED) is 0.899. The molecule has 2 unspecified atom stereocenters. The van der Waals surface area contributed by atoms with E-state index in [4.69, 9.17) is 0 Å². The van der Waals surface area contributed by atoms with Crippen molar-refractivity contribution in [3.8, 4) is 0 Å². The molecule has 0 saturated carbocycles. The number of hydrogen-bond donors (Lipinski definition) is 1. The first-order valence-corrected chi connectivity index (χ1v) is 7.27. The van der Waals surface area contributed by atoms with Gasteiger partial charge in [0.05, 0.1) is 6.04 Å². The molecule has 0 bridgehead atoms. The van der Waals surface area contributed by atoms with Crippen LogP contribution in [0.1, 0.15) is 25.5 Å². The van der Waals surface area contributed by atoms with Crippen molar-refractivity contribution in [3.63, 3.8) is 0 Å². The second-order valence-electron chi connectivity index (χ2n) is 6.01. The van der Waals surface area contributed by atoms with Gasteiger partial charge in [0.2, 0.25) is 0 Å². The lowest BCUT2D eigenvalue weighted by atomic mass is 9.96. The molecule has 4 nitrogen and oxygen atoms in total. The van der Waals surface area contributed by atoms with Gasteiger partial charge in [0.1, 0.15) is 0 Å². The normalized spacial score (nSPS) is 22.9. The zero-order chi connectivity index (χ0) is 14.7. The van der Waals surface area contributed by atoms with Gasteiger partial charge in [-0.25, -0.2) is 4.79 Å². The van der Waals surface area contributed by atoms with Crippen LogP contribution >= 0.6 is 0 Å². The van der Waals surface area contributed by atoms with Crippen molar-refractivity contribution in [2.24, 2.45) is 5.92 Å². The van der Waals surface area contributed by atoms with Crippen molar-refractivity contribution in [2.45, 2.75) is 25.9 Å². The van der Waals surface area contributed by atoms with Crippen molar-refractivity contribution in [2.75, 3.05) is 27.2 Å². The van der Waals surface area contributed by atoms with Gasteiger partial charge in [0, 0.05) is 33.2 Å². The Morgan fingerprint density at radius 2 is 1.95 bits per heavy atom. The Bertz CT molecular complexity index is 444. The smallest absolute Gasteiger partial charge is 0.319 e. The van der Waals surface area contributed by atoms with Gasteiger partial charge in [-0.15, -0.1) is 0 Å². The van der Waals surface area contributed by atoms with E-state index in [1.807, 2.05) is 37.2 Å². The highest BCUT2D eigenvalue weighted by Gasteiger charge is 2.34. The van der Waals surface area contributed by atoms with Gasteiger partial charge >= 0.3 is 6.03 Å². The minimum absolute atomic E-state index is 0.103. The van der Waals surface area contributed by atoms with Crippen molar-refractivity contribution in [1.29, 1.82) is 0 Å². The first-order chi connectivity index (χ1) is 9.50. The highest BCUT2D eigenvalue weighted by Crippen LogP contribution is 2.23. The zero-order valence-corrected chi connectivity index (χ0v) is 12.8. The predicted octanol–water partition coefficient (Wildman–Crippen LogP) is 2.34. The number of hydrogen-bond acceptors (Lipinski definition) is 2. The molecule has 1 aliphatic rings. The molecule has 1 heterocycles. The summed E-state index contributed by atoms with van der Waals surface area (Å²) in [6.07, 6.45) is 0. The average Bonchev–Trinajstić information content (AvgIpc) is 2.46. The van der Waals surface area contributed by atoms with Crippen LogP contribution in [0.3, 0.4) is 0 Å². The molecule has 1 N–H and O–H groups in total. The van der Waals surface area contributed by atoms with E-state index in [1.54, 1.807) is 4.90 Å². The third-order valence-corrected chi connectivity index (χ3v) is 3.95. The molecule has 1 saturated heterocycles. The summed E-state index contributed by atoms with van der Waals surface area (Å²) in [5.74, 6) is 0.447.